The Hall–Kier alpha value is -0.910. The smallest absolute Gasteiger partial charge is 0.241 e. The first kappa shape index (κ1) is 16.1. The van der Waals surface area contributed by atoms with Gasteiger partial charge in [0, 0.05) is 5.54 Å². The largest absolute Gasteiger partial charge is 0.392 e. The Labute approximate surface area is 115 Å². The zero-order valence-electron chi connectivity index (χ0n) is 12.0. The van der Waals surface area contributed by atoms with Crippen LogP contribution in [0.3, 0.4) is 0 Å². The molecule has 0 saturated heterocycles. The Kier molecular flexibility index (Phi) is 5.12. The molecular formula is C14H23NO3S. The van der Waals surface area contributed by atoms with Crippen molar-refractivity contribution >= 4 is 10.0 Å². The summed E-state index contributed by atoms with van der Waals surface area (Å²) in [6.07, 6.45) is 1.47. The van der Waals surface area contributed by atoms with Gasteiger partial charge in [0.1, 0.15) is 0 Å². The SMILES string of the molecule is CCc1ccc(S(=O)(=O)NC(C)(C)CC)cc1CO. The summed E-state index contributed by atoms with van der Waals surface area (Å²) < 4.78 is 27.2. The van der Waals surface area contributed by atoms with Gasteiger partial charge in [0.15, 0.2) is 0 Å². The predicted octanol–water partition coefficient (Wildman–Crippen LogP) is 2.21. The highest BCUT2D eigenvalue weighted by molar-refractivity contribution is 7.89. The average Bonchev–Trinajstić information content (AvgIpc) is 2.36. The molecule has 0 aromatic heterocycles. The number of aliphatic hydroxyl groups excluding tert-OH is 1. The van der Waals surface area contributed by atoms with Crippen molar-refractivity contribution in [2.75, 3.05) is 0 Å². The van der Waals surface area contributed by atoms with Gasteiger partial charge in [0.05, 0.1) is 11.5 Å². The van der Waals surface area contributed by atoms with Crippen LogP contribution in [-0.4, -0.2) is 19.1 Å². The van der Waals surface area contributed by atoms with Crippen LogP contribution in [0.4, 0.5) is 0 Å². The van der Waals surface area contributed by atoms with Gasteiger partial charge in [-0.3, -0.25) is 0 Å². The molecule has 1 aromatic rings. The van der Waals surface area contributed by atoms with Gasteiger partial charge in [0.2, 0.25) is 10.0 Å². The molecule has 0 amide bonds. The average molecular weight is 285 g/mol. The highest BCUT2D eigenvalue weighted by Crippen LogP contribution is 2.19. The number of hydrogen-bond acceptors (Lipinski definition) is 3. The van der Waals surface area contributed by atoms with Gasteiger partial charge in [-0.25, -0.2) is 13.1 Å². The second-order valence-electron chi connectivity index (χ2n) is 5.29. The summed E-state index contributed by atoms with van der Waals surface area (Å²) in [4.78, 5) is 0.204. The Bertz CT molecular complexity index is 536. The molecular weight excluding hydrogens is 262 g/mol. The van der Waals surface area contributed by atoms with Crippen molar-refractivity contribution in [3.05, 3.63) is 29.3 Å². The summed E-state index contributed by atoms with van der Waals surface area (Å²) in [5.74, 6) is 0. The molecule has 5 heteroatoms. The molecule has 1 aromatic carbocycles. The van der Waals surface area contributed by atoms with E-state index in [0.29, 0.717) is 12.0 Å². The number of aryl methyl sites for hydroxylation is 1. The summed E-state index contributed by atoms with van der Waals surface area (Å²) >= 11 is 0. The van der Waals surface area contributed by atoms with Gasteiger partial charge in [-0.15, -0.1) is 0 Å². The van der Waals surface area contributed by atoms with Crippen LogP contribution >= 0.6 is 0 Å². The highest BCUT2D eigenvalue weighted by Gasteiger charge is 2.24. The number of aliphatic hydroxyl groups is 1. The zero-order chi connectivity index (χ0) is 14.7. The Morgan fingerprint density at radius 3 is 2.32 bits per heavy atom. The molecule has 108 valence electrons. The van der Waals surface area contributed by atoms with Crippen molar-refractivity contribution in [1.29, 1.82) is 0 Å². The van der Waals surface area contributed by atoms with Crippen molar-refractivity contribution in [3.8, 4) is 0 Å². The minimum absolute atomic E-state index is 0.149. The van der Waals surface area contributed by atoms with Crippen LogP contribution in [0.25, 0.3) is 0 Å². The number of nitrogens with one attached hydrogen (secondary N) is 1. The maximum Gasteiger partial charge on any atom is 0.241 e. The summed E-state index contributed by atoms with van der Waals surface area (Å²) in [5, 5.41) is 9.30. The van der Waals surface area contributed by atoms with Crippen LogP contribution in [-0.2, 0) is 23.1 Å². The zero-order valence-corrected chi connectivity index (χ0v) is 12.8. The third-order valence-corrected chi connectivity index (χ3v) is 5.03. The molecule has 0 atom stereocenters. The normalized spacial score (nSPS) is 12.7. The summed E-state index contributed by atoms with van der Waals surface area (Å²) in [5.41, 5.74) is 1.15. The van der Waals surface area contributed by atoms with E-state index in [0.717, 1.165) is 12.0 Å². The topological polar surface area (TPSA) is 66.4 Å². The maximum absolute atomic E-state index is 12.3. The van der Waals surface area contributed by atoms with Gasteiger partial charge >= 0.3 is 0 Å². The van der Waals surface area contributed by atoms with Gasteiger partial charge in [-0.2, -0.15) is 0 Å². The second kappa shape index (κ2) is 6.03. The molecule has 0 spiro atoms. The van der Waals surface area contributed by atoms with Crippen molar-refractivity contribution < 1.29 is 13.5 Å². The molecule has 0 unspecified atom stereocenters. The van der Waals surface area contributed by atoms with Crippen molar-refractivity contribution in [1.82, 2.24) is 4.72 Å². The molecule has 2 N–H and O–H groups in total. The van der Waals surface area contributed by atoms with Crippen molar-refractivity contribution in [2.24, 2.45) is 0 Å². The molecule has 0 bridgehead atoms. The molecule has 0 radical (unpaired) electrons. The van der Waals surface area contributed by atoms with E-state index in [-0.39, 0.29) is 11.5 Å². The third-order valence-electron chi connectivity index (χ3n) is 3.33. The predicted molar refractivity (Wildman–Crippen MR) is 76.4 cm³/mol. The van der Waals surface area contributed by atoms with Crippen molar-refractivity contribution in [3.63, 3.8) is 0 Å². The number of rotatable bonds is 6. The van der Waals surface area contributed by atoms with E-state index in [1.165, 1.54) is 0 Å². The summed E-state index contributed by atoms with van der Waals surface area (Å²) in [7, 11) is -3.55. The van der Waals surface area contributed by atoms with Gasteiger partial charge in [-0.05, 0) is 49.9 Å². The number of sulfonamides is 1. The second-order valence-corrected chi connectivity index (χ2v) is 6.97. The lowest BCUT2D eigenvalue weighted by molar-refractivity contribution is 0.280. The summed E-state index contributed by atoms with van der Waals surface area (Å²) in [6, 6.07) is 4.90. The van der Waals surface area contributed by atoms with Crippen LogP contribution < -0.4 is 4.72 Å². The minimum Gasteiger partial charge on any atom is -0.392 e. The molecule has 1 rings (SSSR count). The van der Waals surface area contributed by atoms with E-state index in [1.807, 2.05) is 27.7 Å². The quantitative estimate of drug-likeness (QED) is 0.842. The van der Waals surface area contributed by atoms with Gasteiger partial charge in [-0.1, -0.05) is 19.9 Å². The lowest BCUT2D eigenvalue weighted by Crippen LogP contribution is -2.42. The van der Waals surface area contributed by atoms with E-state index in [2.05, 4.69) is 4.72 Å². The molecule has 0 aliphatic heterocycles. The Morgan fingerprint density at radius 2 is 1.84 bits per heavy atom. The fourth-order valence-electron chi connectivity index (χ4n) is 1.76. The maximum atomic E-state index is 12.3. The molecule has 0 heterocycles. The standard InChI is InChI=1S/C14H23NO3S/c1-5-11-7-8-13(9-12(11)10-16)19(17,18)15-14(3,4)6-2/h7-9,15-16H,5-6,10H2,1-4H3. The molecule has 0 aliphatic rings. The molecule has 4 nitrogen and oxygen atoms in total. The Morgan fingerprint density at radius 1 is 1.21 bits per heavy atom. The molecule has 19 heavy (non-hydrogen) atoms. The highest BCUT2D eigenvalue weighted by atomic mass is 32.2. The molecule has 0 fully saturated rings. The van der Waals surface area contributed by atoms with E-state index in [4.69, 9.17) is 0 Å². The van der Waals surface area contributed by atoms with E-state index >= 15 is 0 Å². The number of benzene rings is 1. The van der Waals surface area contributed by atoms with Crippen LogP contribution in [0.5, 0.6) is 0 Å². The summed E-state index contributed by atoms with van der Waals surface area (Å²) in [6.45, 7) is 7.45. The molecule has 0 aliphatic carbocycles. The molecule has 0 saturated carbocycles. The van der Waals surface area contributed by atoms with E-state index in [9.17, 15) is 13.5 Å². The van der Waals surface area contributed by atoms with Gasteiger partial charge < -0.3 is 5.11 Å². The van der Waals surface area contributed by atoms with Crippen LogP contribution in [0.15, 0.2) is 23.1 Å². The lowest BCUT2D eigenvalue weighted by Gasteiger charge is -2.24. The number of hydrogen-bond donors (Lipinski definition) is 2. The fraction of sp³-hybridized carbons (Fsp3) is 0.571. The first-order valence-corrected chi connectivity index (χ1v) is 8.00. The van der Waals surface area contributed by atoms with E-state index in [1.54, 1.807) is 18.2 Å². The minimum atomic E-state index is -3.55. The van der Waals surface area contributed by atoms with Crippen LogP contribution in [0.2, 0.25) is 0 Å². The van der Waals surface area contributed by atoms with E-state index < -0.39 is 15.6 Å². The first-order valence-electron chi connectivity index (χ1n) is 6.52. The first-order chi connectivity index (χ1) is 8.75. The van der Waals surface area contributed by atoms with Gasteiger partial charge in [0.25, 0.3) is 0 Å². The monoisotopic (exact) mass is 285 g/mol. The van der Waals surface area contributed by atoms with Crippen LogP contribution in [0, 0.1) is 0 Å². The third kappa shape index (κ3) is 4.03. The lowest BCUT2D eigenvalue weighted by atomic mass is 10.0. The fourth-order valence-corrected chi connectivity index (χ4v) is 3.29. The Balaban J connectivity index is 3.16. The van der Waals surface area contributed by atoms with Crippen LogP contribution in [0.1, 0.15) is 45.2 Å². The van der Waals surface area contributed by atoms with Crippen molar-refractivity contribution in [2.45, 2.75) is 57.6 Å².